The zero-order valence-electron chi connectivity index (χ0n) is 10.9. The van der Waals surface area contributed by atoms with Crippen molar-refractivity contribution in [2.45, 2.75) is 0 Å². The van der Waals surface area contributed by atoms with Crippen LogP contribution in [0.15, 0.2) is 48.7 Å². The van der Waals surface area contributed by atoms with E-state index in [1.54, 1.807) is 7.11 Å². The van der Waals surface area contributed by atoms with Crippen molar-refractivity contribution in [3.63, 3.8) is 0 Å². The van der Waals surface area contributed by atoms with E-state index in [-0.39, 0.29) is 5.69 Å². The number of methoxy groups -OCH3 is 1. The maximum absolute atomic E-state index is 11.5. The van der Waals surface area contributed by atoms with Crippen LogP contribution < -0.4 is 10.5 Å². The highest BCUT2D eigenvalue weighted by Crippen LogP contribution is 2.24. The average molecular weight is 267 g/mol. The summed E-state index contributed by atoms with van der Waals surface area (Å²) in [5.74, 6) is 0.912. The topological polar surface area (TPSA) is 69.6 Å². The van der Waals surface area contributed by atoms with Crippen LogP contribution >= 0.6 is 0 Å². The number of benzene rings is 1. The lowest BCUT2D eigenvalue weighted by Crippen LogP contribution is -2.11. The third-order valence-electron chi connectivity index (χ3n) is 3.13. The molecule has 20 heavy (non-hydrogen) atoms. The summed E-state index contributed by atoms with van der Waals surface area (Å²) < 4.78 is 6.98. The number of fused-ring (bicyclic) bond motifs is 1. The summed E-state index contributed by atoms with van der Waals surface area (Å²) in [6, 6.07) is 13.0. The van der Waals surface area contributed by atoms with Crippen LogP contribution in [0.2, 0.25) is 0 Å². The molecule has 0 unspecified atom stereocenters. The summed E-state index contributed by atoms with van der Waals surface area (Å²) in [6.45, 7) is 0. The molecule has 2 heterocycles. The number of nitrogens with two attached hydrogens (primary N) is 1. The van der Waals surface area contributed by atoms with E-state index in [0.29, 0.717) is 11.3 Å². The van der Waals surface area contributed by atoms with Gasteiger partial charge in [-0.1, -0.05) is 6.07 Å². The summed E-state index contributed by atoms with van der Waals surface area (Å²) in [6.07, 6.45) is 1.86. The molecule has 0 fully saturated rings. The fourth-order valence-electron chi connectivity index (χ4n) is 2.16. The second-order valence-corrected chi connectivity index (χ2v) is 4.33. The molecule has 0 atom stereocenters. The number of ether oxygens (including phenoxy) is 1. The van der Waals surface area contributed by atoms with Gasteiger partial charge < -0.3 is 10.5 Å². The minimum atomic E-state index is -0.534. The molecule has 1 aromatic carbocycles. The van der Waals surface area contributed by atoms with Crippen LogP contribution in [-0.4, -0.2) is 22.4 Å². The second-order valence-electron chi connectivity index (χ2n) is 4.33. The number of nitrogens with zero attached hydrogens (tertiary/aromatic N) is 2. The Bertz CT molecular complexity index is 775. The SMILES string of the molecule is COc1ccc(-c2nc(C(N)=O)c3ccccn23)cc1. The number of aromatic nitrogens is 2. The smallest absolute Gasteiger partial charge is 0.269 e. The van der Waals surface area contributed by atoms with Gasteiger partial charge in [-0.2, -0.15) is 0 Å². The molecule has 100 valence electrons. The number of primary amides is 1. The van der Waals surface area contributed by atoms with Crippen molar-refractivity contribution in [2.24, 2.45) is 5.73 Å². The van der Waals surface area contributed by atoms with Crippen LogP contribution in [0.1, 0.15) is 10.5 Å². The van der Waals surface area contributed by atoms with E-state index in [4.69, 9.17) is 10.5 Å². The molecule has 2 aromatic heterocycles. The van der Waals surface area contributed by atoms with Gasteiger partial charge in [0.1, 0.15) is 11.6 Å². The molecule has 0 bridgehead atoms. The number of carbonyl (C=O) groups excluding carboxylic acids is 1. The third kappa shape index (κ3) is 1.89. The van der Waals surface area contributed by atoms with Crippen molar-refractivity contribution in [3.05, 3.63) is 54.4 Å². The Labute approximate surface area is 115 Å². The van der Waals surface area contributed by atoms with Crippen molar-refractivity contribution in [3.8, 4) is 17.1 Å². The van der Waals surface area contributed by atoms with E-state index < -0.39 is 5.91 Å². The number of rotatable bonds is 3. The Morgan fingerprint density at radius 2 is 1.95 bits per heavy atom. The van der Waals surface area contributed by atoms with Gasteiger partial charge in [-0.15, -0.1) is 0 Å². The maximum Gasteiger partial charge on any atom is 0.269 e. The Balaban J connectivity index is 2.22. The van der Waals surface area contributed by atoms with Gasteiger partial charge in [0.05, 0.1) is 12.6 Å². The summed E-state index contributed by atoms with van der Waals surface area (Å²) in [4.78, 5) is 15.8. The monoisotopic (exact) mass is 267 g/mol. The first-order valence-corrected chi connectivity index (χ1v) is 6.12. The molecule has 3 aromatic rings. The van der Waals surface area contributed by atoms with E-state index >= 15 is 0 Å². The number of carbonyl (C=O) groups is 1. The highest BCUT2D eigenvalue weighted by molar-refractivity contribution is 5.98. The van der Waals surface area contributed by atoms with Gasteiger partial charge in [-0.3, -0.25) is 9.20 Å². The van der Waals surface area contributed by atoms with Crippen molar-refractivity contribution >= 4 is 11.4 Å². The quantitative estimate of drug-likeness (QED) is 0.790. The summed E-state index contributed by atoms with van der Waals surface area (Å²) in [7, 11) is 1.62. The van der Waals surface area contributed by atoms with E-state index in [2.05, 4.69) is 4.98 Å². The molecular weight excluding hydrogens is 254 g/mol. The number of hydrogen-bond acceptors (Lipinski definition) is 3. The summed E-state index contributed by atoms with van der Waals surface area (Å²) >= 11 is 0. The Morgan fingerprint density at radius 1 is 1.20 bits per heavy atom. The molecule has 0 saturated heterocycles. The molecule has 0 spiro atoms. The third-order valence-corrected chi connectivity index (χ3v) is 3.13. The van der Waals surface area contributed by atoms with Crippen LogP contribution in [0, 0.1) is 0 Å². The van der Waals surface area contributed by atoms with Crippen LogP contribution in [0.3, 0.4) is 0 Å². The lowest BCUT2D eigenvalue weighted by atomic mass is 10.2. The first-order valence-electron chi connectivity index (χ1n) is 6.12. The maximum atomic E-state index is 11.5. The molecule has 5 heteroatoms. The van der Waals surface area contributed by atoms with Crippen molar-refractivity contribution < 1.29 is 9.53 Å². The fourth-order valence-corrected chi connectivity index (χ4v) is 2.16. The van der Waals surface area contributed by atoms with E-state index in [1.807, 2.05) is 53.1 Å². The highest BCUT2D eigenvalue weighted by atomic mass is 16.5. The second kappa shape index (κ2) is 4.70. The van der Waals surface area contributed by atoms with Gasteiger partial charge >= 0.3 is 0 Å². The predicted octanol–water partition coefficient (Wildman–Crippen LogP) is 2.11. The van der Waals surface area contributed by atoms with Crippen LogP contribution in [-0.2, 0) is 0 Å². The van der Waals surface area contributed by atoms with E-state index in [0.717, 1.165) is 11.3 Å². The van der Waals surface area contributed by atoms with Crippen molar-refractivity contribution in [1.29, 1.82) is 0 Å². The number of amides is 1. The molecule has 0 saturated carbocycles. The predicted molar refractivity (Wildman–Crippen MR) is 75.7 cm³/mol. The molecule has 0 radical (unpaired) electrons. The Morgan fingerprint density at radius 3 is 2.60 bits per heavy atom. The van der Waals surface area contributed by atoms with Crippen molar-refractivity contribution in [1.82, 2.24) is 9.38 Å². The lowest BCUT2D eigenvalue weighted by molar-refractivity contribution is 0.0997. The molecule has 1 amide bonds. The van der Waals surface area contributed by atoms with Crippen LogP contribution in [0.25, 0.3) is 16.9 Å². The van der Waals surface area contributed by atoms with E-state index in [9.17, 15) is 4.79 Å². The Hall–Kier alpha value is -2.82. The van der Waals surface area contributed by atoms with E-state index in [1.165, 1.54) is 0 Å². The van der Waals surface area contributed by atoms with Crippen LogP contribution in [0.4, 0.5) is 0 Å². The zero-order chi connectivity index (χ0) is 14.1. The summed E-state index contributed by atoms with van der Waals surface area (Å²) in [5.41, 5.74) is 7.24. The molecule has 0 aliphatic carbocycles. The van der Waals surface area contributed by atoms with Gasteiger partial charge in [0.2, 0.25) is 0 Å². The lowest BCUT2D eigenvalue weighted by Gasteiger charge is -2.03. The van der Waals surface area contributed by atoms with Gasteiger partial charge in [-0.25, -0.2) is 4.98 Å². The van der Waals surface area contributed by atoms with Gasteiger partial charge in [0, 0.05) is 11.8 Å². The molecule has 3 rings (SSSR count). The molecule has 0 aliphatic heterocycles. The average Bonchev–Trinajstić information content (AvgIpc) is 2.87. The molecule has 0 aliphatic rings. The van der Waals surface area contributed by atoms with Gasteiger partial charge in [-0.05, 0) is 36.4 Å². The molecule has 5 nitrogen and oxygen atoms in total. The number of pyridine rings is 1. The normalized spacial score (nSPS) is 10.7. The molecule has 2 N–H and O–H groups in total. The number of imidazole rings is 1. The molecular formula is C15H13N3O2. The first-order chi connectivity index (χ1) is 9.70. The standard InChI is InChI=1S/C15H13N3O2/c1-20-11-7-5-10(6-8-11)15-17-13(14(16)19)12-4-2-3-9-18(12)15/h2-9H,1H3,(H2,16,19). The van der Waals surface area contributed by atoms with Gasteiger partial charge in [0.25, 0.3) is 5.91 Å². The minimum absolute atomic E-state index is 0.274. The minimum Gasteiger partial charge on any atom is -0.497 e. The van der Waals surface area contributed by atoms with Crippen molar-refractivity contribution in [2.75, 3.05) is 7.11 Å². The van der Waals surface area contributed by atoms with Gasteiger partial charge in [0.15, 0.2) is 5.69 Å². The fraction of sp³-hybridized carbons (Fsp3) is 0.0667. The Kier molecular flexibility index (Phi) is 2.87. The summed E-state index contributed by atoms with van der Waals surface area (Å²) in [5, 5.41) is 0. The zero-order valence-corrected chi connectivity index (χ0v) is 10.9. The van der Waals surface area contributed by atoms with Crippen LogP contribution in [0.5, 0.6) is 5.75 Å². The largest absolute Gasteiger partial charge is 0.497 e. The number of hydrogen-bond donors (Lipinski definition) is 1. The highest BCUT2D eigenvalue weighted by Gasteiger charge is 2.15. The first kappa shape index (κ1) is 12.2.